The number of rotatable bonds is 5. The SMILES string of the molecule is Cc1c(C(=O)NC(C)c2ccc(C(C)C)cc2)cnn1-c1ccccn1. The first-order valence-corrected chi connectivity index (χ1v) is 8.84. The Labute approximate surface area is 154 Å². The van der Waals surface area contributed by atoms with Crippen molar-refractivity contribution in [3.8, 4) is 5.82 Å². The highest BCUT2D eigenvalue weighted by atomic mass is 16.1. The van der Waals surface area contributed by atoms with Crippen LogP contribution in [0.4, 0.5) is 0 Å². The maximum absolute atomic E-state index is 12.7. The van der Waals surface area contributed by atoms with E-state index in [0.717, 1.165) is 11.3 Å². The van der Waals surface area contributed by atoms with E-state index in [9.17, 15) is 4.79 Å². The van der Waals surface area contributed by atoms with E-state index in [4.69, 9.17) is 0 Å². The summed E-state index contributed by atoms with van der Waals surface area (Å²) in [6, 6.07) is 13.9. The normalized spacial score (nSPS) is 12.2. The second kappa shape index (κ2) is 7.52. The van der Waals surface area contributed by atoms with Crippen LogP contribution in [0.5, 0.6) is 0 Å². The number of hydrogen-bond acceptors (Lipinski definition) is 3. The molecule has 0 bridgehead atoms. The fourth-order valence-electron chi connectivity index (χ4n) is 2.87. The quantitative estimate of drug-likeness (QED) is 0.752. The van der Waals surface area contributed by atoms with Gasteiger partial charge in [-0.25, -0.2) is 9.67 Å². The van der Waals surface area contributed by atoms with Crippen LogP contribution in [0.3, 0.4) is 0 Å². The Balaban J connectivity index is 1.75. The van der Waals surface area contributed by atoms with Crippen molar-refractivity contribution in [1.82, 2.24) is 20.1 Å². The minimum absolute atomic E-state index is 0.0821. The maximum Gasteiger partial charge on any atom is 0.255 e. The van der Waals surface area contributed by atoms with Crippen LogP contribution in [0.2, 0.25) is 0 Å². The number of carbonyl (C=O) groups excluding carboxylic acids is 1. The highest BCUT2D eigenvalue weighted by molar-refractivity contribution is 5.95. The maximum atomic E-state index is 12.7. The van der Waals surface area contributed by atoms with Crippen molar-refractivity contribution in [3.05, 3.63) is 77.2 Å². The Kier molecular flexibility index (Phi) is 5.16. The van der Waals surface area contributed by atoms with Gasteiger partial charge in [0.25, 0.3) is 5.91 Å². The number of benzene rings is 1. The summed E-state index contributed by atoms with van der Waals surface area (Å²) in [5, 5.41) is 7.37. The Morgan fingerprint density at radius 3 is 2.35 bits per heavy atom. The van der Waals surface area contributed by atoms with Crippen LogP contribution in [-0.4, -0.2) is 20.7 Å². The van der Waals surface area contributed by atoms with Gasteiger partial charge < -0.3 is 5.32 Å². The number of nitrogens with zero attached hydrogens (tertiary/aromatic N) is 3. The number of amides is 1. The van der Waals surface area contributed by atoms with Crippen LogP contribution in [0, 0.1) is 6.92 Å². The van der Waals surface area contributed by atoms with Crippen LogP contribution in [0.1, 0.15) is 59.9 Å². The lowest BCUT2D eigenvalue weighted by molar-refractivity contribution is 0.0939. The van der Waals surface area contributed by atoms with E-state index in [-0.39, 0.29) is 11.9 Å². The zero-order valence-electron chi connectivity index (χ0n) is 15.6. The Hall–Kier alpha value is -2.95. The zero-order valence-corrected chi connectivity index (χ0v) is 15.6. The van der Waals surface area contributed by atoms with E-state index in [1.54, 1.807) is 17.1 Å². The summed E-state index contributed by atoms with van der Waals surface area (Å²) < 4.78 is 1.68. The molecule has 5 nitrogen and oxygen atoms in total. The molecule has 1 unspecified atom stereocenters. The lowest BCUT2D eigenvalue weighted by atomic mass is 9.99. The number of aromatic nitrogens is 3. The average molecular weight is 348 g/mol. The van der Waals surface area contributed by atoms with Crippen molar-refractivity contribution in [2.24, 2.45) is 0 Å². The largest absolute Gasteiger partial charge is 0.345 e. The molecule has 1 atom stereocenters. The first kappa shape index (κ1) is 17.9. The van der Waals surface area contributed by atoms with Crippen LogP contribution < -0.4 is 5.32 Å². The molecule has 5 heteroatoms. The first-order valence-electron chi connectivity index (χ1n) is 8.84. The average Bonchev–Trinajstić information content (AvgIpc) is 3.04. The topological polar surface area (TPSA) is 59.8 Å². The van der Waals surface area contributed by atoms with E-state index < -0.39 is 0 Å². The van der Waals surface area contributed by atoms with Crippen molar-refractivity contribution in [1.29, 1.82) is 0 Å². The van der Waals surface area contributed by atoms with Gasteiger partial charge in [0.15, 0.2) is 5.82 Å². The molecular formula is C21H24N4O. The molecule has 2 heterocycles. The molecule has 0 spiro atoms. The van der Waals surface area contributed by atoms with Gasteiger partial charge in [-0.2, -0.15) is 5.10 Å². The van der Waals surface area contributed by atoms with Gasteiger partial charge in [-0.1, -0.05) is 44.2 Å². The van der Waals surface area contributed by atoms with Gasteiger partial charge in [-0.05, 0) is 43.0 Å². The Morgan fingerprint density at radius 2 is 1.73 bits per heavy atom. The van der Waals surface area contributed by atoms with Gasteiger partial charge in [-0.15, -0.1) is 0 Å². The fraction of sp³-hybridized carbons (Fsp3) is 0.286. The fourth-order valence-corrected chi connectivity index (χ4v) is 2.87. The molecule has 0 aliphatic heterocycles. The molecule has 1 aromatic carbocycles. The summed E-state index contributed by atoms with van der Waals surface area (Å²) >= 11 is 0. The lowest BCUT2D eigenvalue weighted by Gasteiger charge is -2.15. The van der Waals surface area contributed by atoms with Crippen molar-refractivity contribution < 1.29 is 4.79 Å². The monoisotopic (exact) mass is 348 g/mol. The van der Waals surface area contributed by atoms with E-state index in [2.05, 4.69) is 53.5 Å². The molecule has 3 rings (SSSR count). The minimum Gasteiger partial charge on any atom is -0.345 e. The summed E-state index contributed by atoms with van der Waals surface area (Å²) in [5.74, 6) is 1.06. The molecule has 1 N–H and O–H groups in total. The van der Waals surface area contributed by atoms with Crippen molar-refractivity contribution >= 4 is 5.91 Å². The summed E-state index contributed by atoms with van der Waals surface area (Å²) in [6.45, 7) is 8.20. The van der Waals surface area contributed by atoms with Gasteiger partial charge >= 0.3 is 0 Å². The standard InChI is InChI=1S/C21H24N4O/c1-14(2)17-8-10-18(11-9-17)15(3)24-21(26)19-13-23-25(16(19)4)20-7-5-6-12-22-20/h5-15H,1-4H3,(H,24,26). The Morgan fingerprint density at radius 1 is 1.04 bits per heavy atom. The van der Waals surface area contributed by atoms with Crippen molar-refractivity contribution in [2.45, 2.75) is 39.7 Å². The highest BCUT2D eigenvalue weighted by Crippen LogP contribution is 2.19. The van der Waals surface area contributed by atoms with Gasteiger partial charge in [0, 0.05) is 6.20 Å². The molecule has 26 heavy (non-hydrogen) atoms. The smallest absolute Gasteiger partial charge is 0.255 e. The number of carbonyl (C=O) groups is 1. The molecular weight excluding hydrogens is 324 g/mol. The molecule has 2 aromatic heterocycles. The molecule has 0 aliphatic rings. The van der Waals surface area contributed by atoms with Crippen LogP contribution in [0.25, 0.3) is 5.82 Å². The summed E-state index contributed by atoms with van der Waals surface area (Å²) in [7, 11) is 0. The van der Waals surface area contributed by atoms with Crippen molar-refractivity contribution in [3.63, 3.8) is 0 Å². The second-order valence-electron chi connectivity index (χ2n) is 6.76. The molecule has 3 aromatic rings. The molecule has 0 saturated heterocycles. The van der Waals surface area contributed by atoms with Gasteiger partial charge in [0.05, 0.1) is 23.5 Å². The summed E-state index contributed by atoms with van der Waals surface area (Å²) in [6.07, 6.45) is 3.30. The first-order chi connectivity index (χ1) is 12.5. The predicted molar refractivity (Wildman–Crippen MR) is 103 cm³/mol. The number of nitrogens with one attached hydrogen (secondary N) is 1. The van der Waals surface area contributed by atoms with Gasteiger partial charge in [0.1, 0.15) is 0 Å². The Bertz CT molecular complexity index is 882. The van der Waals surface area contributed by atoms with Crippen LogP contribution in [-0.2, 0) is 0 Å². The summed E-state index contributed by atoms with van der Waals surface area (Å²) in [4.78, 5) is 17.0. The summed E-state index contributed by atoms with van der Waals surface area (Å²) in [5.41, 5.74) is 3.70. The van der Waals surface area contributed by atoms with E-state index in [1.165, 1.54) is 5.56 Å². The van der Waals surface area contributed by atoms with E-state index in [1.807, 2.05) is 32.0 Å². The second-order valence-corrected chi connectivity index (χ2v) is 6.76. The number of pyridine rings is 1. The van der Waals surface area contributed by atoms with E-state index in [0.29, 0.717) is 17.3 Å². The van der Waals surface area contributed by atoms with Gasteiger partial charge in [-0.3, -0.25) is 4.79 Å². The van der Waals surface area contributed by atoms with Crippen LogP contribution in [0.15, 0.2) is 54.9 Å². The molecule has 0 aliphatic carbocycles. The molecule has 0 radical (unpaired) electrons. The zero-order chi connectivity index (χ0) is 18.7. The third-order valence-corrected chi connectivity index (χ3v) is 4.57. The predicted octanol–water partition coefficient (Wildman–Crippen LogP) is 4.19. The number of hydrogen-bond donors (Lipinski definition) is 1. The third-order valence-electron chi connectivity index (χ3n) is 4.57. The van der Waals surface area contributed by atoms with Gasteiger partial charge in [0.2, 0.25) is 0 Å². The van der Waals surface area contributed by atoms with Crippen molar-refractivity contribution in [2.75, 3.05) is 0 Å². The molecule has 0 saturated carbocycles. The lowest BCUT2D eigenvalue weighted by Crippen LogP contribution is -2.27. The molecule has 1 amide bonds. The molecule has 134 valence electrons. The van der Waals surface area contributed by atoms with E-state index >= 15 is 0 Å². The van der Waals surface area contributed by atoms with Crippen LogP contribution >= 0.6 is 0 Å². The minimum atomic E-state index is -0.134. The third kappa shape index (κ3) is 3.67. The highest BCUT2D eigenvalue weighted by Gasteiger charge is 2.18. The molecule has 0 fully saturated rings.